The first-order valence-corrected chi connectivity index (χ1v) is 19.1. The molecular formula is C38H61BrN4O4. The molecular weight excluding hydrogens is 656 g/mol. The van der Waals surface area contributed by atoms with E-state index in [9.17, 15) is 9.90 Å². The van der Waals surface area contributed by atoms with E-state index in [2.05, 4.69) is 96.2 Å². The molecule has 2 heterocycles. The molecule has 5 aliphatic rings. The molecule has 0 aromatic carbocycles. The third-order valence-corrected chi connectivity index (χ3v) is 16.4. The van der Waals surface area contributed by atoms with Gasteiger partial charge < -0.3 is 20.3 Å². The van der Waals surface area contributed by atoms with E-state index in [1.54, 1.807) is 6.33 Å². The van der Waals surface area contributed by atoms with Gasteiger partial charge in [-0.3, -0.25) is 4.79 Å². The summed E-state index contributed by atoms with van der Waals surface area (Å²) in [7, 11) is 0. The van der Waals surface area contributed by atoms with Gasteiger partial charge in [-0.25, -0.2) is 9.67 Å². The molecule has 6 rings (SSSR count). The summed E-state index contributed by atoms with van der Waals surface area (Å²) in [4.78, 5) is 17.9. The van der Waals surface area contributed by atoms with Crippen molar-refractivity contribution in [2.45, 2.75) is 125 Å². The first kappa shape index (κ1) is 35.5. The maximum absolute atomic E-state index is 13.4. The highest BCUT2D eigenvalue weighted by atomic mass is 79.9. The number of carboxylic acids is 1. The van der Waals surface area contributed by atoms with Crippen molar-refractivity contribution in [1.82, 2.24) is 14.8 Å². The number of rotatable bonds is 8. The van der Waals surface area contributed by atoms with Crippen LogP contribution in [0.4, 0.5) is 0 Å². The Kier molecular flexibility index (Phi) is 8.79. The van der Waals surface area contributed by atoms with E-state index in [4.69, 9.17) is 20.3 Å². The molecule has 47 heavy (non-hydrogen) atoms. The van der Waals surface area contributed by atoms with Crippen LogP contribution in [0.25, 0.3) is 0 Å². The fourth-order valence-corrected chi connectivity index (χ4v) is 12.5. The second-order valence-electron chi connectivity index (χ2n) is 18.5. The van der Waals surface area contributed by atoms with Crippen molar-refractivity contribution in [2.75, 3.05) is 19.8 Å². The number of fused-ring (bicyclic) bond motifs is 3. The number of aliphatic carboxylic acids is 1. The zero-order chi connectivity index (χ0) is 34.5. The lowest BCUT2D eigenvalue weighted by molar-refractivity contribution is -0.253. The largest absolute Gasteiger partial charge is 0.481 e. The fraction of sp³-hybridized carbons (Fsp3) is 0.868. The lowest BCUT2D eigenvalue weighted by Crippen LogP contribution is -2.69. The van der Waals surface area contributed by atoms with Crippen molar-refractivity contribution in [1.29, 1.82) is 0 Å². The normalized spacial score (nSPS) is 45.0. The van der Waals surface area contributed by atoms with E-state index in [-0.39, 0.29) is 45.1 Å². The van der Waals surface area contributed by atoms with Crippen molar-refractivity contribution < 1.29 is 19.4 Å². The predicted octanol–water partition coefficient (Wildman–Crippen LogP) is 7.93. The molecule has 4 aliphatic carbocycles. The monoisotopic (exact) mass is 716 g/mol. The first-order valence-electron chi connectivity index (χ1n) is 18.3. The topological polar surface area (TPSA) is 112 Å². The molecule has 3 saturated carbocycles. The number of hydrogen-bond donors (Lipinski definition) is 2. The van der Waals surface area contributed by atoms with Crippen LogP contribution in [0.2, 0.25) is 0 Å². The quantitative estimate of drug-likeness (QED) is 0.263. The SMILES string of the molecule is CC(C)[C@@H](C)[C@@]1(C)CC[C@]2(C)[C@H]3CC[C@@H]4[C@@]5(COC[C@]4(C)[C@@H](OC[C@](C)(N)C(C)C)[C@H](n4ncnc4Br)C5)C3=CC[C@@]2(C)[C@@H]1C(=O)O. The van der Waals surface area contributed by atoms with Crippen LogP contribution in [0.15, 0.2) is 22.7 Å². The molecule has 12 atom stereocenters. The summed E-state index contributed by atoms with van der Waals surface area (Å²) in [6.45, 7) is 24.4. The zero-order valence-electron chi connectivity index (χ0n) is 30.6. The van der Waals surface area contributed by atoms with Crippen LogP contribution < -0.4 is 5.73 Å². The molecule has 264 valence electrons. The first-order chi connectivity index (χ1) is 21.8. The summed E-state index contributed by atoms with van der Waals surface area (Å²) in [6.07, 6.45) is 9.79. The number of hydrogen-bond acceptors (Lipinski definition) is 6. The molecule has 0 unspecified atom stereocenters. The van der Waals surface area contributed by atoms with Crippen LogP contribution in [0.1, 0.15) is 114 Å². The summed E-state index contributed by atoms with van der Waals surface area (Å²) in [5.41, 5.74) is 6.69. The standard InChI is InChI=1S/C38H61BrN4O4/c1-22(2)24(5)33(6)15-16-35(8)25-11-12-28-34(7)18-46-20-38(28,26(25)13-14-36(35,9)29(33)31(44)45)17-27(43-32(39)41-21-42-43)30(34)47-19-37(10,40)23(3)4/h13,21-25,27-30H,11-12,14-20,40H2,1-10H3,(H,44,45)/t24-,25+,27-,28+,29-,30+,33-,34+,35-,36+,37+,38+/m1/s1. The highest BCUT2D eigenvalue weighted by Gasteiger charge is 2.72. The molecule has 0 radical (unpaired) electrons. The Labute approximate surface area is 291 Å². The van der Waals surface area contributed by atoms with Crippen molar-refractivity contribution in [3.05, 3.63) is 22.7 Å². The summed E-state index contributed by atoms with van der Waals surface area (Å²) in [5, 5.41) is 15.8. The summed E-state index contributed by atoms with van der Waals surface area (Å²) in [5.74, 6) is 0.699. The minimum Gasteiger partial charge on any atom is -0.481 e. The predicted molar refractivity (Wildman–Crippen MR) is 188 cm³/mol. The van der Waals surface area contributed by atoms with Crippen LogP contribution in [0, 0.1) is 62.6 Å². The van der Waals surface area contributed by atoms with Gasteiger partial charge in [-0.05, 0) is 107 Å². The highest BCUT2D eigenvalue weighted by molar-refractivity contribution is 9.10. The Morgan fingerprint density at radius 3 is 2.45 bits per heavy atom. The molecule has 1 saturated heterocycles. The van der Waals surface area contributed by atoms with Gasteiger partial charge >= 0.3 is 5.97 Å². The molecule has 4 fully saturated rings. The second kappa shape index (κ2) is 11.6. The zero-order valence-corrected chi connectivity index (χ0v) is 32.2. The molecule has 1 aliphatic heterocycles. The van der Waals surface area contributed by atoms with Crippen LogP contribution >= 0.6 is 15.9 Å². The van der Waals surface area contributed by atoms with E-state index in [1.807, 2.05) is 4.68 Å². The molecule has 9 heteroatoms. The average Bonchev–Trinajstić information content (AvgIpc) is 3.41. The maximum atomic E-state index is 13.4. The molecule has 8 nitrogen and oxygen atoms in total. The fourth-order valence-electron chi connectivity index (χ4n) is 12.0. The lowest BCUT2D eigenvalue weighted by Gasteiger charge is -2.71. The number of nitrogens with two attached hydrogens (primary N) is 1. The molecule has 3 N–H and O–H groups in total. The minimum atomic E-state index is -0.618. The van der Waals surface area contributed by atoms with Crippen LogP contribution in [0.5, 0.6) is 0 Å². The lowest BCUT2D eigenvalue weighted by atomic mass is 9.34. The smallest absolute Gasteiger partial charge is 0.307 e. The van der Waals surface area contributed by atoms with E-state index in [1.165, 1.54) is 5.57 Å². The second-order valence-corrected chi connectivity index (χ2v) is 19.2. The van der Waals surface area contributed by atoms with E-state index < -0.39 is 17.4 Å². The van der Waals surface area contributed by atoms with Crippen LogP contribution in [-0.4, -0.2) is 57.3 Å². The number of ether oxygens (including phenoxy) is 2. The highest BCUT2D eigenvalue weighted by Crippen LogP contribution is 2.75. The van der Waals surface area contributed by atoms with Crippen molar-refractivity contribution in [3.8, 4) is 0 Å². The number of carbonyl (C=O) groups is 1. The number of nitrogens with zero attached hydrogens (tertiary/aromatic N) is 3. The molecule has 2 bridgehead atoms. The van der Waals surface area contributed by atoms with Gasteiger partial charge in [0.2, 0.25) is 0 Å². The third kappa shape index (κ3) is 4.92. The van der Waals surface area contributed by atoms with Crippen molar-refractivity contribution in [3.63, 3.8) is 0 Å². The maximum Gasteiger partial charge on any atom is 0.307 e. The molecule has 1 aromatic rings. The molecule has 0 spiro atoms. The Bertz CT molecular complexity index is 1410. The van der Waals surface area contributed by atoms with Crippen LogP contribution in [0.3, 0.4) is 0 Å². The summed E-state index contributed by atoms with van der Waals surface area (Å²) >= 11 is 3.72. The Hall–Kier alpha value is -1.29. The van der Waals surface area contributed by atoms with E-state index in [0.29, 0.717) is 48.2 Å². The minimum absolute atomic E-state index is 0.0472. The Morgan fingerprint density at radius 1 is 1.15 bits per heavy atom. The average molecular weight is 718 g/mol. The van der Waals surface area contributed by atoms with E-state index in [0.717, 1.165) is 38.5 Å². The van der Waals surface area contributed by atoms with E-state index >= 15 is 0 Å². The Morgan fingerprint density at radius 2 is 1.85 bits per heavy atom. The van der Waals surface area contributed by atoms with Gasteiger partial charge in [-0.15, -0.1) is 0 Å². The van der Waals surface area contributed by atoms with Gasteiger partial charge in [0, 0.05) is 16.4 Å². The molecule has 0 amide bonds. The number of carboxylic acid groups (broad SMARTS) is 1. The molecule has 1 aromatic heterocycles. The van der Waals surface area contributed by atoms with Crippen molar-refractivity contribution in [2.24, 2.45) is 68.3 Å². The Balaban J connectivity index is 1.45. The number of halogens is 1. The van der Waals surface area contributed by atoms with Gasteiger partial charge in [-0.1, -0.05) is 74.0 Å². The van der Waals surface area contributed by atoms with Gasteiger partial charge in [0.15, 0.2) is 4.73 Å². The van der Waals surface area contributed by atoms with Gasteiger partial charge in [0.25, 0.3) is 0 Å². The van der Waals surface area contributed by atoms with Gasteiger partial charge in [0.1, 0.15) is 6.33 Å². The summed E-state index contributed by atoms with van der Waals surface area (Å²) < 4.78 is 16.4. The third-order valence-electron chi connectivity index (χ3n) is 15.8. The number of aromatic nitrogens is 3. The van der Waals surface area contributed by atoms with Crippen molar-refractivity contribution >= 4 is 21.9 Å². The van der Waals surface area contributed by atoms with Gasteiger partial charge in [-0.2, -0.15) is 5.10 Å². The van der Waals surface area contributed by atoms with Gasteiger partial charge in [0.05, 0.1) is 37.9 Å². The number of allylic oxidation sites excluding steroid dienone is 1. The summed E-state index contributed by atoms with van der Waals surface area (Å²) in [6, 6.07) is -0.0472. The van der Waals surface area contributed by atoms with Crippen LogP contribution in [-0.2, 0) is 14.3 Å².